The number of hydrogen-bond donors (Lipinski definition) is 3. The van der Waals surface area contributed by atoms with Gasteiger partial charge >= 0.3 is 0 Å². The zero-order valence-corrected chi connectivity index (χ0v) is 26.1. The van der Waals surface area contributed by atoms with Gasteiger partial charge in [-0.1, -0.05) is 85.3 Å². The Morgan fingerprint density at radius 1 is 0.889 bits per heavy atom. The minimum atomic E-state index is -0.875. The minimum absolute atomic E-state index is 0.0137. The molecule has 0 bridgehead atoms. The summed E-state index contributed by atoms with van der Waals surface area (Å²) in [5.41, 5.74) is 4.04. The lowest BCUT2D eigenvalue weighted by Gasteiger charge is -2.45. The van der Waals surface area contributed by atoms with E-state index < -0.39 is 11.9 Å². The topological polar surface area (TPSA) is 91.3 Å². The lowest BCUT2D eigenvalue weighted by molar-refractivity contribution is -0.277. The number of aliphatic hydroxyl groups is 2. The van der Waals surface area contributed by atoms with Crippen LogP contribution in [-0.4, -0.2) is 46.8 Å². The molecule has 2 aliphatic heterocycles. The van der Waals surface area contributed by atoms with Crippen molar-refractivity contribution in [1.29, 1.82) is 0 Å². The number of amides is 1. The zero-order chi connectivity index (χ0) is 31.4. The number of carbonyl (C=O) groups excluding carboxylic acids is 1. The van der Waals surface area contributed by atoms with Crippen molar-refractivity contribution < 1.29 is 24.5 Å². The Balaban J connectivity index is 1.17. The van der Waals surface area contributed by atoms with E-state index in [0.29, 0.717) is 35.7 Å². The molecule has 6 rings (SSSR count). The molecule has 4 unspecified atom stereocenters. The van der Waals surface area contributed by atoms with Crippen molar-refractivity contribution in [3.8, 4) is 0 Å². The maximum atomic E-state index is 12.6. The van der Waals surface area contributed by atoms with Crippen LogP contribution in [0.3, 0.4) is 0 Å². The number of likely N-dealkylation sites (tertiary alicyclic amines) is 1. The van der Waals surface area contributed by atoms with Crippen LogP contribution in [0.4, 0.5) is 5.69 Å². The number of piperidine rings is 1. The van der Waals surface area contributed by atoms with Crippen molar-refractivity contribution in [1.82, 2.24) is 4.90 Å². The van der Waals surface area contributed by atoms with E-state index in [0.717, 1.165) is 35.3 Å². The molecule has 0 saturated carbocycles. The molecule has 2 fully saturated rings. The van der Waals surface area contributed by atoms with Gasteiger partial charge in [0, 0.05) is 47.4 Å². The van der Waals surface area contributed by atoms with E-state index in [4.69, 9.17) is 21.1 Å². The van der Waals surface area contributed by atoms with Gasteiger partial charge in [-0.15, -0.1) is 0 Å². The van der Waals surface area contributed by atoms with E-state index >= 15 is 0 Å². The standard InChI is InChI=1S/C37H39ClN2O5/c1-25-33(23-40-21-19-37(43,20-22-40)30-13-15-31(38)16-14-30)44-36(45-34(25)27-9-7-26(24-41)8-10-27)29-11-17-32(18-12-29)39-35(42)28-5-3-2-4-6-28/h2-18,25,33-34,36,41,43H,19-24H2,1H3,(H,39,42). The van der Waals surface area contributed by atoms with Crippen LogP contribution in [0.25, 0.3) is 0 Å². The van der Waals surface area contributed by atoms with Gasteiger partial charge < -0.3 is 29.9 Å². The molecule has 2 saturated heterocycles. The maximum Gasteiger partial charge on any atom is 0.255 e. The number of hydrogen-bond acceptors (Lipinski definition) is 6. The van der Waals surface area contributed by atoms with E-state index in [2.05, 4.69) is 17.1 Å². The number of ether oxygens (including phenoxy) is 2. The molecular weight excluding hydrogens is 588 g/mol. The fourth-order valence-electron chi connectivity index (χ4n) is 6.25. The summed E-state index contributed by atoms with van der Waals surface area (Å²) in [7, 11) is 0. The highest BCUT2D eigenvalue weighted by molar-refractivity contribution is 6.30. The third-order valence-corrected chi connectivity index (χ3v) is 9.36. The molecule has 4 atom stereocenters. The molecule has 1 amide bonds. The molecule has 0 spiro atoms. The van der Waals surface area contributed by atoms with Crippen LogP contribution >= 0.6 is 11.6 Å². The van der Waals surface area contributed by atoms with Crippen molar-refractivity contribution in [3.63, 3.8) is 0 Å². The van der Waals surface area contributed by atoms with Crippen LogP contribution in [0.1, 0.15) is 64.8 Å². The molecule has 0 radical (unpaired) electrons. The van der Waals surface area contributed by atoms with Gasteiger partial charge in [0.15, 0.2) is 6.29 Å². The summed E-state index contributed by atoms with van der Waals surface area (Å²) < 4.78 is 13.3. The minimum Gasteiger partial charge on any atom is -0.392 e. The number of nitrogens with one attached hydrogen (secondary N) is 1. The number of rotatable bonds is 8. The molecular formula is C37H39ClN2O5. The predicted molar refractivity (Wildman–Crippen MR) is 175 cm³/mol. The van der Waals surface area contributed by atoms with Crippen molar-refractivity contribution in [3.05, 3.63) is 136 Å². The second-order valence-electron chi connectivity index (χ2n) is 12.1. The second-order valence-corrected chi connectivity index (χ2v) is 12.5. The summed E-state index contributed by atoms with van der Waals surface area (Å²) >= 11 is 6.08. The Bertz CT molecular complexity index is 1560. The maximum absolute atomic E-state index is 12.6. The van der Waals surface area contributed by atoms with Gasteiger partial charge in [-0.25, -0.2) is 0 Å². The van der Waals surface area contributed by atoms with E-state index in [1.807, 2.05) is 91.0 Å². The first kappa shape index (κ1) is 31.4. The molecule has 7 nitrogen and oxygen atoms in total. The molecule has 45 heavy (non-hydrogen) atoms. The average Bonchev–Trinajstić information content (AvgIpc) is 3.08. The summed E-state index contributed by atoms with van der Waals surface area (Å²) in [6, 6.07) is 32.1. The molecule has 0 aliphatic carbocycles. The lowest BCUT2D eigenvalue weighted by atomic mass is 9.84. The average molecular weight is 627 g/mol. The first-order valence-electron chi connectivity index (χ1n) is 15.5. The molecule has 8 heteroatoms. The summed E-state index contributed by atoms with van der Waals surface area (Å²) in [5, 5.41) is 24.6. The number of halogens is 1. The van der Waals surface area contributed by atoms with Crippen LogP contribution in [-0.2, 0) is 21.7 Å². The molecule has 234 valence electrons. The Hall–Kier alpha value is -3.56. The molecule has 4 aromatic rings. The quantitative estimate of drug-likeness (QED) is 0.198. The van der Waals surface area contributed by atoms with E-state index in [1.54, 1.807) is 12.1 Å². The largest absolute Gasteiger partial charge is 0.392 e. The highest BCUT2D eigenvalue weighted by Gasteiger charge is 2.41. The highest BCUT2D eigenvalue weighted by Crippen LogP contribution is 2.43. The van der Waals surface area contributed by atoms with Gasteiger partial charge in [-0.3, -0.25) is 4.79 Å². The smallest absolute Gasteiger partial charge is 0.255 e. The number of aliphatic hydroxyl groups excluding tert-OH is 1. The van der Waals surface area contributed by atoms with Gasteiger partial charge in [-0.2, -0.15) is 0 Å². The third-order valence-electron chi connectivity index (χ3n) is 9.10. The second kappa shape index (κ2) is 13.8. The van der Waals surface area contributed by atoms with Gasteiger partial charge in [-0.05, 0) is 65.9 Å². The summed E-state index contributed by atoms with van der Waals surface area (Å²) in [6.07, 6.45) is 0.277. The number of nitrogens with zero attached hydrogens (tertiary/aromatic N) is 1. The van der Waals surface area contributed by atoms with Crippen molar-refractivity contribution in [2.45, 2.75) is 50.5 Å². The van der Waals surface area contributed by atoms with E-state index in [9.17, 15) is 15.0 Å². The van der Waals surface area contributed by atoms with Crippen LogP contribution in [0, 0.1) is 5.92 Å². The van der Waals surface area contributed by atoms with E-state index in [1.165, 1.54) is 0 Å². The molecule has 4 aromatic carbocycles. The Morgan fingerprint density at radius 3 is 2.18 bits per heavy atom. The number of anilines is 1. The van der Waals surface area contributed by atoms with E-state index in [-0.39, 0.29) is 30.6 Å². The summed E-state index contributed by atoms with van der Waals surface area (Å²) in [6.45, 7) is 4.32. The molecule has 2 aliphatic rings. The summed E-state index contributed by atoms with van der Waals surface area (Å²) in [4.78, 5) is 15.0. The van der Waals surface area contributed by atoms with Crippen LogP contribution in [0.2, 0.25) is 5.02 Å². The predicted octanol–water partition coefficient (Wildman–Crippen LogP) is 6.86. The van der Waals surface area contributed by atoms with Crippen LogP contribution < -0.4 is 5.32 Å². The third kappa shape index (κ3) is 7.31. The van der Waals surface area contributed by atoms with Gasteiger partial charge in [0.1, 0.15) is 0 Å². The number of benzene rings is 4. The van der Waals surface area contributed by atoms with Crippen LogP contribution in [0.15, 0.2) is 103 Å². The molecule has 3 N–H and O–H groups in total. The first-order valence-corrected chi connectivity index (χ1v) is 15.9. The Kier molecular flexibility index (Phi) is 9.66. The highest BCUT2D eigenvalue weighted by atomic mass is 35.5. The fourth-order valence-corrected chi connectivity index (χ4v) is 6.38. The number of carbonyl (C=O) groups is 1. The van der Waals surface area contributed by atoms with Gasteiger partial charge in [0.05, 0.1) is 24.4 Å². The van der Waals surface area contributed by atoms with Crippen molar-refractivity contribution >= 4 is 23.2 Å². The zero-order valence-electron chi connectivity index (χ0n) is 25.3. The van der Waals surface area contributed by atoms with Crippen LogP contribution in [0.5, 0.6) is 0 Å². The van der Waals surface area contributed by atoms with Gasteiger partial charge in [0.2, 0.25) is 0 Å². The Morgan fingerprint density at radius 2 is 1.53 bits per heavy atom. The fraction of sp³-hybridized carbons (Fsp3) is 0.324. The summed E-state index contributed by atoms with van der Waals surface area (Å²) in [5.74, 6) is -0.124. The Labute approximate surface area is 269 Å². The molecule has 0 aromatic heterocycles. The van der Waals surface area contributed by atoms with Crippen molar-refractivity contribution in [2.75, 3.05) is 25.0 Å². The first-order chi connectivity index (χ1) is 21.8. The van der Waals surface area contributed by atoms with Gasteiger partial charge in [0.25, 0.3) is 5.91 Å². The van der Waals surface area contributed by atoms with Crippen molar-refractivity contribution in [2.24, 2.45) is 5.92 Å². The SMILES string of the molecule is CC1C(CN2CCC(O)(c3ccc(Cl)cc3)CC2)OC(c2ccc(NC(=O)c3ccccc3)cc2)OC1c1ccc(CO)cc1. The normalized spacial score (nSPS) is 23.4. The molecule has 2 heterocycles. The monoisotopic (exact) mass is 626 g/mol. The lowest BCUT2D eigenvalue weighted by Crippen LogP contribution is -2.49.